The van der Waals surface area contributed by atoms with Crippen molar-refractivity contribution in [3.8, 4) is 11.1 Å². The third-order valence-corrected chi connectivity index (χ3v) is 3.46. The minimum Gasteiger partial charge on any atom is -0.477 e. The van der Waals surface area contributed by atoms with Crippen LogP contribution < -0.4 is 0 Å². The molecule has 1 N–H and O–H groups in total. The molecule has 0 spiro atoms. The van der Waals surface area contributed by atoms with E-state index in [0.29, 0.717) is 5.56 Å². The number of rotatable bonds is 2. The summed E-state index contributed by atoms with van der Waals surface area (Å²) in [4.78, 5) is 9.78. The Balaban J connectivity index is 2.60. The van der Waals surface area contributed by atoms with E-state index in [2.05, 4.69) is 0 Å². The molecule has 18 heavy (non-hydrogen) atoms. The summed E-state index contributed by atoms with van der Waals surface area (Å²) < 4.78 is 37.7. The van der Waals surface area contributed by atoms with E-state index in [9.17, 15) is 18.0 Å². The number of halogens is 3. The molecule has 0 fully saturated rings. The number of hydrogen-bond acceptors (Lipinski definition) is 2. The third-order valence-electron chi connectivity index (χ3n) is 2.29. The van der Waals surface area contributed by atoms with E-state index in [1.807, 2.05) is 0 Å². The predicted molar refractivity (Wildman–Crippen MR) is 61.7 cm³/mol. The average Bonchev–Trinajstić information content (AvgIpc) is 2.74. The van der Waals surface area contributed by atoms with E-state index >= 15 is 0 Å². The lowest BCUT2D eigenvalue weighted by atomic mass is 10.1. The van der Waals surface area contributed by atoms with Crippen LogP contribution in [0.1, 0.15) is 14.5 Å². The van der Waals surface area contributed by atoms with Crippen LogP contribution in [0.4, 0.5) is 13.2 Å². The number of benzene rings is 1. The van der Waals surface area contributed by atoms with Gasteiger partial charge in [0, 0.05) is 5.56 Å². The van der Waals surface area contributed by atoms with Crippen LogP contribution in [-0.2, 0) is 6.18 Å². The van der Waals surface area contributed by atoms with E-state index in [-0.39, 0.29) is 21.8 Å². The molecule has 2 aromatic rings. The molecule has 6 heteroatoms. The molecule has 1 aromatic heterocycles. The van der Waals surface area contributed by atoms with Gasteiger partial charge >= 0.3 is 12.1 Å². The van der Waals surface area contributed by atoms with Crippen LogP contribution in [0, 0.1) is 0 Å². The van der Waals surface area contributed by atoms with Gasteiger partial charge in [0.05, 0.1) is 0 Å². The van der Waals surface area contributed by atoms with Gasteiger partial charge < -0.3 is 5.11 Å². The first kappa shape index (κ1) is 12.6. The van der Waals surface area contributed by atoms with Gasteiger partial charge in [0.2, 0.25) is 0 Å². The summed E-state index contributed by atoms with van der Waals surface area (Å²) in [5.41, 5.74) is 0.557. The Bertz CT molecular complexity index is 573. The van der Waals surface area contributed by atoms with Crippen molar-refractivity contribution in [1.82, 2.24) is 0 Å². The van der Waals surface area contributed by atoms with Gasteiger partial charge in [-0.25, -0.2) is 4.79 Å². The summed E-state index contributed by atoms with van der Waals surface area (Å²) in [5, 5.41) is 8.95. The minimum atomic E-state index is -4.53. The summed E-state index contributed by atoms with van der Waals surface area (Å²) in [6.45, 7) is 0. The Hall–Kier alpha value is -1.82. The van der Waals surface area contributed by atoms with Gasteiger partial charge in [0.15, 0.2) is 0 Å². The normalized spacial score (nSPS) is 11.5. The Labute approximate surface area is 104 Å². The molecule has 0 atom stereocenters. The highest BCUT2D eigenvalue weighted by Crippen LogP contribution is 2.40. The lowest BCUT2D eigenvalue weighted by molar-refractivity contribution is -0.134. The van der Waals surface area contributed by atoms with E-state index in [1.54, 1.807) is 30.3 Å². The summed E-state index contributed by atoms with van der Waals surface area (Å²) >= 11 is 0.245. The standard InChI is InChI=1S/C12H7F3O2S/c13-12(14,15)9-6-8(10(18-9)11(16)17)7-4-2-1-3-5-7/h1-6H,(H,16,17). The van der Waals surface area contributed by atoms with Crippen molar-refractivity contribution < 1.29 is 23.1 Å². The third kappa shape index (κ3) is 2.38. The van der Waals surface area contributed by atoms with Gasteiger partial charge in [-0.05, 0) is 11.6 Å². The first-order chi connectivity index (χ1) is 8.39. The zero-order valence-corrected chi connectivity index (χ0v) is 9.68. The SMILES string of the molecule is O=C(O)c1sc(C(F)(F)F)cc1-c1ccccc1. The second-order valence-corrected chi connectivity index (χ2v) is 4.57. The lowest BCUT2D eigenvalue weighted by Crippen LogP contribution is -2.00. The fraction of sp³-hybridized carbons (Fsp3) is 0.0833. The number of carboxylic acid groups (broad SMARTS) is 1. The summed E-state index contributed by atoms with van der Waals surface area (Å²) in [6.07, 6.45) is -4.53. The number of carboxylic acids is 1. The highest BCUT2D eigenvalue weighted by Gasteiger charge is 2.35. The van der Waals surface area contributed by atoms with Crippen LogP contribution in [0.2, 0.25) is 0 Å². The van der Waals surface area contributed by atoms with Gasteiger partial charge in [-0.3, -0.25) is 0 Å². The van der Waals surface area contributed by atoms with Crippen LogP contribution in [0.5, 0.6) is 0 Å². The topological polar surface area (TPSA) is 37.3 Å². The van der Waals surface area contributed by atoms with Gasteiger partial charge in [0.25, 0.3) is 0 Å². The molecule has 2 nitrogen and oxygen atoms in total. The molecular formula is C12H7F3O2S. The Kier molecular flexibility index (Phi) is 3.13. The monoisotopic (exact) mass is 272 g/mol. The highest BCUT2D eigenvalue weighted by atomic mass is 32.1. The van der Waals surface area contributed by atoms with Crippen molar-refractivity contribution in [2.45, 2.75) is 6.18 Å². The van der Waals surface area contributed by atoms with E-state index in [4.69, 9.17) is 5.11 Å². The van der Waals surface area contributed by atoms with Gasteiger partial charge in [-0.1, -0.05) is 30.3 Å². The lowest BCUT2D eigenvalue weighted by Gasteiger charge is -2.00. The maximum atomic E-state index is 12.6. The van der Waals surface area contributed by atoms with Crippen LogP contribution in [-0.4, -0.2) is 11.1 Å². The summed E-state index contributed by atoms with van der Waals surface area (Å²) in [6, 6.07) is 9.03. The molecule has 2 rings (SSSR count). The van der Waals surface area contributed by atoms with Crippen molar-refractivity contribution in [3.63, 3.8) is 0 Å². The molecular weight excluding hydrogens is 265 g/mol. The molecule has 0 aliphatic carbocycles. The summed E-state index contributed by atoms with van der Waals surface area (Å²) in [7, 11) is 0. The van der Waals surface area contributed by atoms with E-state index in [0.717, 1.165) is 6.07 Å². The zero-order chi connectivity index (χ0) is 13.3. The Morgan fingerprint density at radius 2 is 1.78 bits per heavy atom. The Morgan fingerprint density at radius 1 is 1.17 bits per heavy atom. The highest BCUT2D eigenvalue weighted by molar-refractivity contribution is 7.14. The largest absolute Gasteiger partial charge is 0.477 e. The van der Waals surface area contributed by atoms with E-state index in [1.165, 1.54) is 0 Å². The second kappa shape index (κ2) is 4.45. The first-order valence-electron chi connectivity index (χ1n) is 4.89. The van der Waals surface area contributed by atoms with Gasteiger partial charge in [-0.2, -0.15) is 13.2 Å². The molecule has 1 heterocycles. The average molecular weight is 272 g/mol. The maximum Gasteiger partial charge on any atom is 0.425 e. The molecule has 0 bridgehead atoms. The zero-order valence-electron chi connectivity index (χ0n) is 8.86. The number of carbonyl (C=O) groups is 1. The fourth-order valence-corrected chi connectivity index (χ4v) is 2.41. The minimum absolute atomic E-state index is 0.0976. The number of alkyl halides is 3. The predicted octanol–water partition coefficient (Wildman–Crippen LogP) is 4.13. The van der Waals surface area contributed by atoms with Crippen LogP contribution in [0.3, 0.4) is 0 Å². The molecule has 0 radical (unpaired) electrons. The smallest absolute Gasteiger partial charge is 0.425 e. The fourth-order valence-electron chi connectivity index (χ4n) is 1.52. The van der Waals surface area contributed by atoms with Crippen molar-refractivity contribution in [2.75, 3.05) is 0 Å². The van der Waals surface area contributed by atoms with Crippen LogP contribution >= 0.6 is 11.3 Å². The molecule has 0 unspecified atom stereocenters. The van der Waals surface area contributed by atoms with Crippen LogP contribution in [0.15, 0.2) is 36.4 Å². The molecule has 0 saturated carbocycles. The van der Waals surface area contributed by atoms with Crippen molar-refractivity contribution in [1.29, 1.82) is 0 Å². The van der Waals surface area contributed by atoms with Gasteiger partial charge in [-0.15, -0.1) is 11.3 Å². The molecule has 94 valence electrons. The first-order valence-corrected chi connectivity index (χ1v) is 5.71. The summed E-state index contributed by atoms with van der Waals surface area (Å²) in [5.74, 6) is -1.35. The van der Waals surface area contributed by atoms with Crippen molar-refractivity contribution >= 4 is 17.3 Å². The quantitative estimate of drug-likeness (QED) is 0.892. The molecule has 1 aromatic carbocycles. The second-order valence-electron chi connectivity index (χ2n) is 3.52. The van der Waals surface area contributed by atoms with Crippen molar-refractivity contribution in [3.05, 3.63) is 46.2 Å². The van der Waals surface area contributed by atoms with Crippen LogP contribution in [0.25, 0.3) is 11.1 Å². The Morgan fingerprint density at radius 3 is 2.28 bits per heavy atom. The number of thiophene rings is 1. The maximum absolute atomic E-state index is 12.6. The van der Waals surface area contributed by atoms with E-state index < -0.39 is 17.0 Å². The van der Waals surface area contributed by atoms with Gasteiger partial charge in [0.1, 0.15) is 9.75 Å². The number of hydrogen-bond donors (Lipinski definition) is 1. The molecule has 0 aliphatic rings. The van der Waals surface area contributed by atoms with Crippen molar-refractivity contribution in [2.24, 2.45) is 0 Å². The molecule has 0 saturated heterocycles. The molecule has 0 aliphatic heterocycles. The molecule has 0 amide bonds. The number of aromatic carboxylic acids is 1.